The van der Waals surface area contributed by atoms with Gasteiger partial charge in [-0.1, -0.05) is 72.8 Å². The first-order chi connectivity index (χ1) is 11.6. The fourth-order valence-corrected chi connectivity index (χ4v) is 2.44. The van der Waals surface area contributed by atoms with E-state index in [1.807, 2.05) is 0 Å². The highest BCUT2D eigenvalue weighted by atomic mass is 16.4. The fourth-order valence-electron chi connectivity index (χ4n) is 2.44. The van der Waals surface area contributed by atoms with E-state index < -0.39 is 12.1 Å². The van der Waals surface area contributed by atoms with Crippen LogP contribution < -0.4 is 5.73 Å². The minimum atomic E-state index is -1.41. The minimum absolute atomic E-state index is 0.403. The van der Waals surface area contributed by atoms with E-state index in [0.29, 0.717) is 12.1 Å². The highest BCUT2D eigenvalue weighted by Gasteiger charge is 2.14. The summed E-state index contributed by atoms with van der Waals surface area (Å²) in [5.41, 5.74) is 7.30. The van der Waals surface area contributed by atoms with Gasteiger partial charge >= 0.3 is 5.97 Å². The molecule has 24 heavy (non-hydrogen) atoms. The number of aliphatic hydroxyl groups excluding tert-OH is 1. The molecule has 0 heterocycles. The second-order valence-corrected chi connectivity index (χ2v) is 5.33. The number of hydrogen-bond acceptors (Lipinski definition) is 3. The molecule has 0 radical (unpaired) electrons. The molecule has 4 N–H and O–H groups in total. The topological polar surface area (TPSA) is 83.6 Å². The molecule has 0 amide bonds. The van der Waals surface area contributed by atoms with Crippen LogP contribution in [0, 0.1) is 0 Å². The largest absolute Gasteiger partial charge is 0.479 e. The molecule has 0 aromatic heterocycles. The van der Waals surface area contributed by atoms with Gasteiger partial charge in [0.25, 0.3) is 0 Å². The highest BCUT2D eigenvalue weighted by Crippen LogP contribution is 2.18. The first-order valence-electron chi connectivity index (χ1n) is 7.76. The van der Waals surface area contributed by atoms with Crippen LogP contribution in [0.15, 0.2) is 72.8 Å². The number of carboxylic acid groups (broad SMARTS) is 1. The molecule has 4 heteroatoms. The van der Waals surface area contributed by atoms with Gasteiger partial charge in [0.05, 0.1) is 0 Å². The van der Waals surface area contributed by atoms with Crippen molar-refractivity contribution in [3.63, 3.8) is 0 Å². The second-order valence-electron chi connectivity index (χ2n) is 5.33. The quantitative estimate of drug-likeness (QED) is 0.689. The van der Waals surface area contributed by atoms with Gasteiger partial charge in [-0.05, 0) is 34.9 Å². The zero-order valence-electron chi connectivity index (χ0n) is 13.3. The molecule has 3 rings (SSSR count). The zero-order valence-corrected chi connectivity index (χ0v) is 13.3. The van der Waals surface area contributed by atoms with E-state index in [1.165, 1.54) is 16.3 Å². The van der Waals surface area contributed by atoms with E-state index in [2.05, 4.69) is 42.5 Å². The molecule has 0 bridgehead atoms. The number of aliphatic carboxylic acids is 1. The van der Waals surface area contributed by atoms with Crippen molar-refractivity contribution >= 4 is 16.7 Å². The number of fused-ring (bicyclic) bond motifs is 1. The number of nitrogens with two attached hydrogens (primary N) is 1. The van der Waals surface area contributed by atoms with Gasteiger partial charge in [0, 0.05) is 0 Å². The summed E-state index contributed by atoms with van der Waals surface area (Å²) in [5.74, 6) is -1.23. The Bertz CT molecular complexity index is 782. The van der Waals surface area contributed by atoms with Crippen molar-refractivity contribution in [3.8, 4) is 0 Å². The van der Waals surface area contributed by atoms with Crippen LogP contribution >= 0.6 is 0 Å². The summed E-state index contributed by atoms with van der Waals surface area (Å²) in [6.07, 6.45) is -0.447. The standard InChI is InChI=1S/C12H13N.C8H8O3/c13-9-8-11-6-3-5-10-4-1-2-7-12(10)11;9-7(8(10)11)6-4-2-1-3-5-6/h1-7H,8-9,13H2;1-5,7,9H,(H,10,11). The monoisotopic (exact) mass is 323 g/mol. The van der Waals surface area contributed by atoms with Crippen LogP contribution in [0.5, 0.6) is 0 Å². The molecular weight excluding hydrogens is 302 g/mol. The van der Waals surface area contributed by atoms with Gasteiger partial charge in [0.1, 0.15) is 0 Å². The lowest BCUT2D eigenvalue weighted by molar-refractivity contribution is -0.146. The predicted molar refractivity (Wildman–Crippen MR) is 95.7 cm³/mol. The third-order valence-electron chi connectivity index (χ3n) is 3.64. The summed E-state index contributed by atoms with van der Waals surface area (Å²) in [6, 6.07) is 23.1. The SMILES string of the molecule is NCCc1cccc2ccccc12.O=C(O)C(O)c1ccccc1. The Morgan fingerprint density at radius 1 is 0.917 bits per heavy atom. The number of benzene rings is 3. The van der Waals surface area contributed by atoms with Gasteiger partial charge in [-0.15, -0.1) is 0 Å². The summed E-state index contributed by atoms with van der Waals surface area (Å²) < 4.78 is 0. The Hall–Kier alpha value is -2.69. The molecule has 4 nitrogen and oxygen atoms in total. The molecule has 0 saturated carbocycles. The van der Waals surface area contributed by atoms with Gasteiger partial charge in [-0.3, -0.25) is 0 Å². The maximum Gasteiger partial charge on any atom is 0.337 e. The van der Waals surface area contributed by atoms with Crippen molar-refractivity contribution in [2.24, 2.45) is 5.73 Å². The van der Waals surface area contributed by atoms with Gasteiger partial charge in [-0.25, -0.2) is 4.79 Å². The maximum atomic E-state index is 10.2. The van der Waals surface area contributed by atoms with E-state index in [4.69, 9.17) is 15.9 Å². The van der Waals surface area contributed by atoms with Crippen LogP contribution in [0.25, 0.3) is 10.8 Å². The molecule has 0 aliphatic heterocycles. The second kappa shape index (κ2) is 8.82. The summed E-state index contributed by atoms with van der Waals surface area (Å²) in [5, 5.41) is 20.0. The van der Waals surface area contributed by atoms with Crippen LogP contribution in [-0.4, -0.2) is 22.7 Å². The third kappa shape index (κ3) is 4.65. The summed E-state index contributed by atoms with van der Waals surface area (Å²) in [4.78, 5) is 10.2. The van der Waals surface area contributed by atoms with Crippen molar-refractivity contribution in [1.82, 2.24) is 0 Å². The molecule has 1 atom stereocenters. The fraction of sp³-hybridized carbons (Fsp3) is 0.150. The molecule has 0 spiro atoms. The lowest BCUT2D eigenvalue weighted by Crippen LogP contribution is -2.09. The van der Waals surface area contributed by atoms with Gasteiger partial charge in [-0.2, -0.15) is 0 Å². The lowest BCUT2D eigenvalue weighted by Gasteiger charge is -2.03. The van der Waals surface area contributed by atoms with Crippen LogP contribution in [0.4, 0.5) is 0 Å². The van der Waals surface area contributed by atoms with Gasteiger partial charge in [0.2, 0.25) is 0 Å². The molecule has 0 aliphatic carbocycles. The van der Waals surface area contributed by atoms with E-state index in [9.17, 15) is 4.79 Å². The highest BCUT2D eigenvalue weighted by molar-refractivity contribution is 5.85. The molecule has 0 fully saturated rings. The van der Waals surface area contributed by atoms with Crippen molar-refractivity contribution < 1.29 is 15.0 Å². The molecule has 1 unspecified atom stereocenters. The van der Waals surface area contributed by atoms with E-state index in [1.54, 1.807) is 30.3 Å². The van der Waals surface area contributed by atoms with Crippen molar-refractivity contribution in [2.45, 2.75) is 12.5 Å². The number of carbonyl (C=O) groups is 1. The average Bonchev–Trinajstić information content (AvgIpc) is 2.63. The van der Waals surface area contributed by atoms with Gasteiger partial charge < -0.3 is 15.9 Å². The summed E-state index contributed by atoms with van der Waals surface area (Å²) in [6.45, 7) is 0.716. The maximum absolute atomic E-state index is 10.2. The van der Waals surface area contributed by atoms with E-state index >= 15 is 0 Å². The van der Waals surface area contributed by atoms with Crippen molar-refractivity contribution in [2.75, 3.05) is 6.54 Å². The Labute approximate surface area is 141 Å². The first-order valence-corrected chi connectivity index (χ1v) is 7.76. The molecule has 124 valence electrons. The molecule has 0 saturated heterocycles. The molecule has 3 aromatic rings. The number of hydrogen-bond donors (Lipinski definition) is 3. The number of aliphatic hydroxyl groups is 1. The number of carboxylic acids is 1. The summed E-state index contributed by atoms with van der Waals surface area (Å²) >= 11 is 0. The Morgan fingerprint density at radius 3 is 2.21 bits per heavy atom. The minimum Gasteiger partial charge on any atom is -0.479 e. The van der Waals surface area contributed by atoms with Crippen molar-refractivity contribution in [3.05, 3.63) is 83.9 Å². The molecular formula is C20H21NO3. The Kier molecular flexibility index (Phi) is 6.49. The van der Waals surface area contributed by atoms with Crippen molar-refractivity contribution in [1.29, 1.82) is 0 Å². The zero-order chi connectivity index (χ0) is 17.4. The Morgan fingerprint density at radius 2 is 1.54 bits per heavy atom. The third-order valence-corrected chi connectivity index (χ3v) is 3.64. The first kappa shape index (κ1) is 17.7. The van der Waals surface area contributed by atoms with Crippen LogP contribution in [0.3, 0.4) is 0 Å². The van der Waals surface area contributed by atoms with E-state index in [0.717, 1.165) is 6.42 Å². The molecule has 0 aliphatic rings. The predicted octanol–water partition coefficient (Wildman–Crippen LogP) is 3.15. The van der Waals surface area contributed by atoms with Crippen LogP contribution in [0.1, 0.15) is 17.2 Å². The smallest absolute Gasteiger partial charge is 0.337 e. The van der Waals surface area contributed by atoms with Crippen LogP contribution in [0.2, 0.25) is 0 Å². The number of rotatable bonds is 4. The molecule has 3 aromatic carbocycles. The van der Waals surface area contributed by atoms with E-state index in [-0.39, 0.29) is 0 Å². The van der Waals surface area contributed by atoms with Crippen LogP contribution in [-0.2, 0) is 11.2 Å². The lowest BCUT2D eigenvalue weighted by atomic mass is 10.0. The van der Waals surface area contributed by atoms with Gasteiger partial charge in [0.15, 0.2) is 6.10 Å². The normalized spacial score (nSPS) is 11.4. The average molecular weight is 323 g/mol. The Balaban J connectivity index is 0.000000177. The summed E-state index contributed by atoms with van der Waals surface area (Å²) in [7, 11) is 0.